The minimum Gasteiger partial charge on any atom is -0.247 e. The molecular weight excluding hydrogens is 342 g/mol. The lowest BCUT2D eigenvalue weighted by Gasteiger charge is -2.12. The maximum absolute atomic E-state index is 12.5. The summed E-state index contributed by atoms with van der Waals surface area (Å²) in [5.41, 5.74) is -1.72. The Morgan fingerprint density at radius 3 is 1.41 bits per heavy atom. The molecule has 0 radical (unpaired) electrons. The van der Waals surface area contributed by atoms with Crippen LogP contribution in [0.3, 0.4) is 0 Å². The molecule has 0 spiro atoms. The van der Waals surface area contributed by atoms with Crippen molar-refractivity contribution in [2.45, 2.75) is 90.8 Å². The van der Waals surface area contributed by atoms with Gasteiger partial charge in [0.05, 0.1) is 13.1 Å². The maximum Gasteiger partial charge on any atom is 0.336 e. The predicted molar refractivity (Wildman–Crippen MR) is 111 cm³/mol. The number of aromatic nitrogens is 3. The first-order valence-corrected chi connectivity index (χ1v) is 10.2. The van der Waals surface area contributed by atoms with Crippen molar-refractivity contribution in [1.29, 1.82) is 0 Å². The molecule has 0 saturated carbocycles. The zero-order valence-corrected chi connectivity index (χ0v) is 16.8. The van der Waals surface area contributed by atoms with Crippen molar-refractivity contribution in [2.24, 2.45) is 0 Å². The molecule has 0 aliphatic heterocycles. The summed E-state index contributed by atoms with van der Waals surface area (Å²) < 4.78 is 3.27. The van der Waals surface area contributed by atoms with Crippen LogP contribution in [-0.4, -0.2) is 13.7 Å². The van der Waals surface area contributed by atoms with Crippen LogP contribution >= 0.6 is 0 Å². The van der Waals surface area contributed by atoms with E-state index in [0.29, 0.717) is 6.54 Å². The van der Waals surface area contributed by atoms with E-state index >= 15 is 0 Å². The van der Waals surface area contributed by atoms with Gasteiger partial charge in [-0.15, -0.1) is 13.2 Å². The maximum atomic E-state index is 12.5. The van der Waals surface area contributed by atoms with Crippen molar-refractivity contribution in [3.05, 3.63) is 56.8 Å². The van der Waals surface area contributed by atoms with Crippen molar-refractivity contribution in [3.63, 3.8) is 0 Å². The predicted octanol–water partition coefficient (Wildman–Crippen LogP) is 3.46. The Bertz CT molecular complexity index is 707. The van der Waals surface area contributed by atoms with Gasteiger partial charge in [-0.2, -0.15) is 0 Å². The molecule has 0 aliphatic rings. The molecule has 0 aliphatic carbocycles. The molecule has 6 heteroatoms. The molecule has 152 valence electrons. The SMILES string of the molecule is C=CCn1c(=O)n(CC=C)c(=O)n(CCCCCCCCCCCC)c1=O. The largest absolute Gasteiger partial charge is 0.336 e. The van der Waals surface area contributed by atoms with Crippen LogP contribution in [0, 0.1) is 0 Å². The van der Waals surface area contributed by atoms with Crippen molar-refractivity contribution < 1.29 is 0 Å². The van der Waals surface area contributed by atoms with Gasteiger partial charge in [0.25, 0.3) is 0 Å². The molecule has 1 rings (SSSR count). The Kier molecular flexibility index (Phi) is 11.1. The summed E-state index contributed by atoms with van der Waals surface area (Å²) in [5.74, 6) is 0. The highest BCUT2D eigenvalue weighted by Crippen LogP contribution is 2.10. The van der Waals surface area contributed by atoms with E-state index in [2.05, 4.69) is 20.1 Å². The average Bonchev–Trinajstić information content (AvgIpc) is 2.66. The number of allylic oxidation sites excluding steroid dienone is 2. The highest BCUT2D eigenvalue weighted by Gasteiger charge is 2.13. The third kappa shape index (κ3) is 7.19. The van der Waals surface area contributed by atoms with Gasteiger partial charge in [-0.25, -0.2) is 28.1 Å². The summed E-state index contributed by atoms with van der Waals surface area (Å²) in [7, 11) is 0. The molecular formula is C21H35N3O3. The summed E-state index contributed by atoms with van der Waals surface area (Å²) in [6.45, 7) is 9.90. The molecule has 0 N–H and O–H groups in total. The molecule has 0 atom stereocenters. The lowest BCUT2D eigenvalue weighted by Crippen LogP contribution is -2.54. The molecule has 0 unspecified atom stereocenters. The Hall–Kier alpha value is -2.11. The highest BCUT2D eigenvalue weighted by atomic mass is 16.2. The molecule has 0 saturated heterocycles. The Labute approximate surface area is 161 Å². The van der Waals surface area contributed by atoms with Crippen molar-refractivity contribution >= 4 is 0 Å². The lowest BCUT2D eigenvalue weighted by atomic mass is 10.1. The van der Waals surface area contributed by atoms with Crippen LogP contribution < -0.4 is 17.1 Å². The van der Waals surface area contributed by atoms with E-state index in [4.69, 9.17) is 0 Å². The van der Waals surface area contributed by atoms with E-state index < -0.39 is 17.1 Å². The fraction of sp³-hybridized carbons (Fsp3) is 0.667. The van der Waals surface area contributed by atoms with Crippen LogP contribution in [0.15, 0.2) is 39.7 Å². The Balaban J connectivity index is 2.61. The normalized spacial score (nSPS) is 10.9. The number of hydrogen-bond donors (Lipinski definition) is 0. The fourth-order valence-corrected chi connectivity index (χ4v) is 3.20. The van der Waals surface area contributed by atoms with Crippen molar-refractivity contribution in [2.75, 3.05) is 0 Å². The topological polar surface area (TPSA) is 66.0 Å². The Morgan fingerprint density at radius 2 is 1.00 bits per heavy atom. The second-order valence-corrected chi connectivity index (χ2v) is 6.98. The van der Waals surface area contributed by atoms with Gasteiger partial charge in [-0.3, -0.25) is 0 Å². The Morgan fingerprint density at radius 1 is 0.630 bits per heavy atom. The van der Waals surface area contributed by atoms with E-state index in [-0.39, 0.29) is 13.1 Å². The van der Waals surface area contributed by atoms with Gasteiger partial charge in [-0.1, -0.05) is 76.9 Å². The minimum atomic E-state index is -0.607. The first kappa shape index (κ1) is 22.9. The first-order chi connectivity index (χ1) is 13.1. The van der Waals surface area contributed by atoms with Gasteiger partial charge < -0.3 is 0 Å². The molecule has 0 amide bonds. The van der Waals surface area contributed by atoms with Crippen LogP contribution in [0.1, 0.15) is 71.1 Å². The average molecular weight is 378 g/mol. The van der Waals surface area contributed by atoms with Crippen LogP contribution in [0.4, 0.5) is 0 Å². The van der Waals surface area contributed by atoms with Gasteiger partial charge in [0.1, 0.15) is 0 Å². The van der Waals surface area contributed by atoms with Crippen LogP contribution in [0.25, 0.3) is 0 Å². The van der Waals surface area contributed by atoms with Gasteiger partial charge >= 0.3 is 17.1 Å². The highest BCUT2D eigenvalue weighted by molar-refractivity contribution is 4.84. The second-order valence-electron chi connectivity index (χ2n) is 6.98. The summed E-state index contributed by atoms with van der Waals surface area (Å²) in [6, 6.07) is 0. The van der Waals surface area contributed by atoms with Gasteiger partial charge in [0, 0.05) is 6.54 Å². The van der Waals surface area contributed by atoms with Gasteiger partial charge in [-0.05, 0) is 6.42 Å². The second kappa shape index (κ2) is 13.1. The van der Waals surface area contributed by atoms with E-state index in [1.165, 1.54) is 61.7 Å². The summed E-state index contributed by atoms with van der Waals surface area (Å²) in [5, 5.41) is 0. The fourth-order valence-electron chi connectivity index (χ4n) is 3.20. The zero-order valence-electron chi connectivity index (χ0n) is 16.8. The first-order valence-electron chi connectivity index (χ1n) is 10.2. The quantitative estimate of drug-likeness (QED) is 0.347. The molecule has 1 aromatic rings. The third-order valence-electron chi connectivity index (χ3n) is 4.74. The smallest absolute Gasteiger partial charge is 0.247 e. The standard InChI is InChI=1S/C21H35N3O3/c1-4-7-8-9-10-11-12-13-14-15-18-24-20(26)22(16-5-2)19(25)23(17-6-3)21(24)27/h5-6H,2-4,7-18H2,1H3. The monoisotopic (exact) mass is 377 g/mol. The molecule has 1 aromatic heterocycles. The summed E-state index contributed by atoms with van der Waals surface area (Å²) in [4.78, 5) is 37.3. The molecule has 0 fully saturated rings. The van der Waals surface area contributed by atoms with Crippen LogP contribution in [0.2, 0.25) is 0 Å². The van der Waals surface area contributed by atoms with Crippen LogP contribution in [-0.2, 0) is 19.6 Å². The summed E-state index contributed by atoms with van der Waals surface area (Å²) >= 11 is 0. The zero-order chi connectivity index (χ0) is 20.1. The number of nitrogens with zero attached hydrogens (tertiary/aromatic N) is 3. The van der Waals surface area contributed by atoms with Gasteiger partial charge in [0.15, 0.2) is 0 Å². The number of unbranched alkanes of at least 4 members (excludes halogenated alkanes) is 9. The van der Waals surface area contributed by atoms with E-state index in [0.717, 1.165) is 28.4 Å². The number of hydrogen-bond acceptors (Lipinski definition) is 3. The van der Waals surface area contributed by atoms with Gasteiger partial charge in [0.2, 0.25) is 0 Å². The molecule has 1 heterocycles. The summed E-state index contributed by atoms with van der Waals surface area (Å²) in [6.07, 6.45) is 14.8. The van der Waals surface area contributed by atoms with Crippen molar-refractivity contribution in [1.82, 2.24) is 13.7 Å². The van der Waals surface area contributed by atoms with Crippen molar-refractivity contribution in [3.8, 4) is 0 Å². The molecule has 0 aromatic carbocycles. The number of rotatable bonds is 15. The molecule has 6 nitrogen and oxygen atoms in total. The van der Waals surface area contributed by atoms with E-state index in [9.17, 15) is 14.4 Å². The van der Waals surface area contributed by atoms with Crippen LogP contribution in [0.5, 0.6) is 0 Å². The van der Waals surface area contributed by atoms with E-state index in [1.807, 2.05) is 0 Å². The lowest BCUT2D eigenvalue weighted by molar-refractivity contribution is 0.455. The third-order valence-corrected chi connectivity index (χ3v) is 4.74. The molecule has 27 heavy (non-hydrogen) atoms. The minimum absolute atomic E-state index is 0.0904. The van der Waals surface area contributed by atoms with E-state index in [1.54, 1.807) is 0 Å². The molecule has 0 bridgehead atoms.